The lowest BCUT2D eigenvalue weighted by Gasteiger charge is -2.46. The summed E-state index contributed by atoms with van der Waals surface area (Å²) in [5, 5.41) is 61.7. The molecule has 2 rings (SSSR count). The van der Waals surface area contributed by atoms with E-state index in [0.29, 0.717) is 12.8 Å². The van der Waals surface area contributed by atoms with Crippen molar-refractivity contribution in [2.75, 3.05) is 13.2 Å². The van der Waals surface area contributed by atoms with Crippen LogP contribution in [0.2, 0.25) is 0 Å². The molecule has 282 valence electrons. The summed E-state index contributed by atoms with van der Waals surface area (Å²) in [5.41, 5.74) is 0. The van der Waals surface area contributed by atoms with Gasteiger partial charge >= 0.3 is 17.9 Å². The highest BCUT2D eigenvalue weighted by Crippen LogP contribution is 2.31. The Balaban J connectivity index is 1.87. The third-order valence-electron chi connectivity index (χ3n) is 8.22. The number of aliphatic hydroxyl groups is 5. The van der Waals surface area contributed by atoms with Crippen molar-refractivity contribution in [1.29, 1.82) is 0 Å². The van der Waals surface area contributed by atoms with E-state index in [-0.39, 0.29) is 13.0 Å². The van der Waals surface area contributed by atoms with Gasteiger partial charge in [-0.05, 0) is 51.9 Å². The van der Waals surface area contributed by atoms with E-state index in [1.165, 1.54) is 6.92 Å². The van der Waals surface area contributed by atoms with Crippen LogP contribution in [0.3, 0.4) is 0 Å². The zero-order valence-electron chi connectivity index (χ0n) is 28.7. The Morgan fingerprint density at radius 3 is 1.78 bits per heavy atom. The van der Waals surface area contributed by atoms with Gasteiger partial charge < -0.3 is 59.1 Å². The molecule has 0 saturated carbocycles. The summed E-state index contributed by atoms with van der Waals surface area (Å²) >= 11 is 0. The summed E-state index contributed by atoms with van der Waals surface area (Å²) in [5.74, 6) is -2.03. The number of unbranched alkanes of at least 4 members (excludes halogenated alkanes) is 6. The van der Waals surface area contributed by atoms with Crippen molar-refractivity contribution in [2.24, 2.45) is 0 Å². The molecule has 49 heavy (non-hydrogen) atoms. The van der Waals surface area contributed by atoms with Crippen molar-refractivity contribution >= 4 is 17.9 Å². The molecule has 0 aliphatic carbocycles. The molecule has 2 saturated heterocycles. The van der Waals surface area contributed by atoms with Crippen LogP contribution >= 0.6 is 0 Å². The predicted molar refractivity (Wildman–Crippen MR) is 173 cm³/mol. The molecule has 2 heterocycles. The van der Waals surface area contributed by atoms with Gasteiger partial charge in [0.2, 0.25) is 0 Å². The van der Waals surface area contributed by atoms with E-state index in [1.807, 2.05) is 6.92 Å². The Morgan fingerprint density at radius 2 is 1.20 bits per heavy atom. The first kappa shape index (κ1) is 42.7. The maximum absolute atomic E-state index is 11.4. The molecule has 6 N–H and O–H groups in total. The maximum Gasteiger partial charge on any atom is 0.303 e. The largest absolute Gasteiger partial charge is 0.481 e. The van der Waals surface area contributed by atoms with Gasteiger partial charge in [0.1, 0.15) is 62.0 Å². The SMILES string of the molecule is CC(=O)OC[C@H]1O[C@@H](O[C@H]2[C@H](OC(C)CCCCCC/C=C\C/C=C\CCCCC(=O)O)O[C@H](COC(C)=O)[C@@H](O)[C@@H]2O)[C@H](O)[C@@H](O)[C@@H]1O. The normalized spacial score (nSPS) is 31.2. The predicted octanol–water partition coefficient (Wildman–Crippen LogP) is 1.65. The fourth-order valence-electron chi connectivity index (χ4n) is 5.41. The molecule has 1 unspecified atom stereocenters. The molecule has 0 aromatic carbocycles. The number of hydrogen-bond donors (Lipinski definition) is 6. The van der Waals surface area contributed by atoms with Gasteiger partial charge in [0.15, 0.2) is 12.6 Å². The molecular formula is C34H56O15. The first-order valence-corrected chi connectivity index (χ1v) is 17.1. The number of rotatable bonds is 22. The molecule has 11 atom stereocenters. The Kier molecular flexibility index (Phi) is 20.1. The minimum Gasteiger partial charge on any atom is -0.481 e. The smallest absolute Gasteiger partial charge is 0.303 e. The van der Waals surface area contributed by atoms with E-state index >= 15 is 0 Å². The number of hydrogen-bond acceptors (Lipinski definition) is 14. The number of esters is 2. The van der Waals surface area contributed by atoms with Gasteiger partial charge in [0.25, 0.3) is 0 Å². The summed E-state index contributed by atoms with van der Waals surface area (Å²) in [6.07, 6.45) is 1.73. The molecule has 2 fully saturated rings. The average Bonchev–Trinajstić information content (AvgIpc) is 3.04. The van der Waals surface area contributed by atoms with Crippen LogP contribution in [0.4, 0.5) is 0 Å². The van der Waals surface area contributed by atoms with Crippen LogP contribution in [-0.2, 0) is 42.8 Å². The van der Waals surface area contributed by atoms with E-state index in [9.17, 15) is 39.9 Å². The minimum absolute atomic E-state index is 0.211. The first-order valence-electron chi connectivity index (χ1n) is 17.1. The lowest BCUT2D eigenvalue weighted by atomic mass is 9.97. The van der Waals surface area contributed by atoms with Crippen LogP contribution in [0, 0.1) is 0 Å². The van der Waals surface area contributed by atoms with Crippen LogP contribution in [0.15, 0.2) is 24.3 Å². The second-order valence-corrected chi connectivity index (χ2v) is 12.5. The Bertz CT molecular complexity index is 1040. The van der Waals surface area contributed by atoms with Crippen molar-refractivity contribution in [1.82, 2.24) is 0 Å². The molecule has 15 heteroatoms. The number of aliphatic hydroxyl groups excluding tert-OH is 5. The molecule has 0 amide bonds. The van der Waals surface area contributed by atoms with Gasteiger partial charge in [-0.25, -0.2) is 0 Å². The van der Waals surface area contributed by atoms with Gasteiger partial charge in [-0.2, -0.15) is 0 Å². The summed E-state index contributed by atoms with van der Waals surface area (Å²) in [4.78, 5) is 33.2. The van der Waals surface area contributed by atoms with E-state index in [2.05, 4.69) is 24.3 Å². The topological polar surface area (TPSA) is 228 Å². The third kappa shape index (κ3) is 16.0. The molecule has 0 aromatic rings. The highest BCUT2D eigenvalue weighted by atomic mass is 16.8. The van der Waals surface area contributed by atoms with Gasteiger partial charge in [-0.15, -0.1) is 0 Å². The van der Waals surface area contributed by atoms with E-state index < -0.39 is 92.0 Å². The first-order chi connectivity index (χ1) is 23.3. The van der Waals surface area contributed by atoms with Crippen molar-refractivity contribution in [3.05, 3.63) is 24.3 Å². The number of aliphatic carboxylic acids is 1. The van der Waals surface area contributed by atoms with Gasteiger partial charge in [0, 0.05) is 20.3 Å². The van der Waals surface area contributed by atoms with E-state index in [0.717, 1.165) is 58.3 Å². The maximum atomic E-state index is 11.4. The summed E-state index contributed by atoms with van der Waals surface area (Å²) in [6, 6.07) is 0. The van der Waals surface area contributed by atoms with Crippen molar-refractivity contribution in [2.45, 2.75) is 159 Å². The summed E-state index contributed by atoms with van der Waals surface area (Å²) in [6.45, 7) is 3.33. The Hall–Kier alpha value is -2.47. The molecule has 15 nitrogen and oxygen atoms in total. The molecule has 2 aliphatic rings. The van der Waals surface area contributed by atoms with Gasteiger partial charge in [-0.3, -0.25) is 14.4 Å². The van der Waals surface area contributed by atoms with Crippen molar-refractivity contribution in [3.8, 4) is 0 Å². The molecule has 0 aromatic heterocycles. The fraction of sp³-hybridized carbons (Fsp3) is 0.794. The summed E-state index contributed by atoms with van der Waals surface area (Å²) in [7, 11) is 0. The minimum atomic E-state index is -1.78. The monoisotopic (exact) mass is 704 g/mol. The molecule has 0 spiro atoms. The molecule has 2 aliphatic heterocycles. The second-order valence-electron chi connectivity index (χ2n) is 12.5. The van der Waals surface area contributed by atoms with Crippen molar-refractivity contribution in [3.63, 3.8) is 0 Å². The van der Waals surface area contributed by atoms with Crippen LogP contribution in [0.25, 0.3) is 0 Å². The standard InChI is InChI=1S/C34H56O15/c1-21(17-15-13-11-9-7-5-4-6-8-10-12-14-16-18-26(37)38)46-34-32(30(42)28(40)25(48-34)20-45-23(3)36)49-33-31(43)29(41)27(39)24(47-33)19-44-22(2)35/h4-5,8,10,21,24-25,27-34,39-43H,6-7,9,11-20H2,1-3H3,(H,37,38)/b5-4-,10-8-/t21?,24-,25-,27-,28-,29+,30+,31-,32-,33+,34-/m1/s1. The average molecular weight is 705 g/mol. The quantitative estimate of drug-likeness (QED) is 0.0535. The number of ether oxygens (including phenoxy) is 6. The Morgan fingerprint density at radius 1 is 0.673 bits per heavy atom. The number of carbonyl (C=O) groups is 3. The number of carboxylic acids is 1. The number of allylic oxidation sites excluding steroid dienone is 4. The van der Waals surface area contributed by atoms with Crippen LogP contribution in [0.1, 0.15) is 91.4 Å². The molecule has 0 bridgehead atoms. The fourth-order valence-corrected chi connectivity index (χ4v) is 5.41. The molecular weight excluding hydrogens is 648 g/mol. The van der Waals surface area contributed by atoms with Gasteiger partial charge in [0.05, 0.1) is 6.10 Å². The lowest BCUT2D eigenvalue weighted by molar-refractivity contribution is -0.371. The van der Waals surface area contributed by atoms with E-state index in [4.69, 9.17) is 33.5 Å². The van der Waals surface area contributed by atoms with Crippen LogP contribution in [0.5, 0.6) is 0 Å². The highest BCUT2D eigenvalue weighted by molar-refractivity contribution is 5.66. The van der Waals surface area contributed by atoms with Crippen LogP contribution in [-0.4, -0.2) is 129 Å². The number of carboxylic acid groups (broad SMARTS) is 1. The summed E-state index contributed by atoms with van der Waals surface area (Å²) < 4.78 is 33.2. The lowest BCUT2D eigenvalue weighted by Crippen LogP contribution is -2.65. The zero-order valence-corrected chi connectivity index (χ0v) is 28.7. The Labute approximate surface area is 287 Å². The second kappa shape index (κ2) is 23.1. The van der Waals surface area contributed by atoms with Crippen LogP contribution < -0.4 is 0 Å². The zero-order chi connectivity index (χ0) is 36.3. The van der Waals surface area contributed by atoms with Crippen molar-refractivity contribution < 1.29 is 73.4 Å². The molecule has 0 radical (unpaired) electrons. The van der Waals surface area contributed by atoms with E-state index in [1.54, 1.807) is 0 Å². The number of carbonyl (C=O) groups excluding carboxylic acids is 2. The highest BCUT2D eigenvalue weighted by Gasteiger charge is 2.51. The van der Waals surface area contributed by atoms with Gasteiger partial charge in [-0.1, -0.05) is 43.6 Å². The third-order valence-corrected chi connectivity index (χ3v) is 8.22.